The molecule has 1 atom stereocenters. The van der Waals surface area contributed by atoms with Gasteiger partial charge >= 0.3 is 0 Å². The second-order valence-electron chi connectivity index (χ2n) is 4.69. The molecular formula is C14H18N2O. The number of para-hydroxylation sites is 1. The van der Waals surface area contributed by atoms with Gasteiger partial charge in [-0.3, -0.25) is 4.84 Å². The lowest BCUT2D eigenvalue weighted by atomic mass is 9.84. The molecule has 0 aromatic heterocycles. The van der Waals surface area contributed by atoms with Gasteiger partial charge in [0.15, 0.2) is 0 Å². The summed E-state index contributed by atoms with van der Waals surface area (Å²) < 4.78 is 0. The molecule has 90 valence electrons. The molecule has 1 aromatic rings. The van der Waals surface area contributed by atoms with Crippen molar-refractivity contribution in [1.82, 2.24) is 0 Å². The van der Waals surface area contributed by atoms with Crippen LogP contribution in [0.15, 0.2) is 35.5 Å². The van der Waals surface area contributed by atoms with Crippen LogP contribution >= 0.6 is 0 Å². The standard InChI is InChI=1S/C14H18N2O/c1-17-16-12-8-4-2-6-10(12)14(15)11-7-3-5-9-13(11)16/h2,4,6,8,14H,3,5,7,9,15H2,1H3. The molecule has 1 heterocycles. The fourth-order valence-corrected chi connectivity index (χ4v) is 2.96. The van der Waals surface area contributed by atoms with Crippen molar-refractivity contribution in [3.63, 3.8) is 0 Å². The van der Waals surface area contributed by atoms with Gasteiger partial charge in [-0.25, -0.2) is 5.06 Å². The summed E-state index contributed by atoms with van der Waals surface area (Å²) in [6.45, 7) is 0. The minimum absolute atomic E-state index is 0.0490. The van der Waals surface area contributed by atoms with Crippen molar-refractivity contribution in [2.24, 2.45) is 5.73 Å². The lowest BCUT2D eigenvalue weighted by Gasteiger charge is -2.38. The normalized spacial score (nSPS) is 23.4. The van der Waals surface area contributed by atoms with Crippen molar-refractivity contribution in [3.8, 4) is 0 Å². The minimum Gasteiger partial charge on any atom is -0.320 e. The zero-order valence-corrected chi connectivity index (χ0v) is 10.1. The van der Waals surface area contributed by atoms with E-state index in [0.29, 0.717) is 0 Å². The molecule has 0 fully saturated rings. The van der Waals surface area contributed by atoms with Gasteiger partial charge in [0.1, 0.15) is 0 Å². The molecule has 3 rings (SSSR count). The molecule has 1 unspecified atom stereocenters. The Morgan fingerprint density at radius 1 is 1.24 bits per heavy atom. The van der Waals surface area contributed by atoms with Gasteiger partial charge in [-0.1, -0.05) is 18.2 Å². The van der Waals surface area contributed by atoms with Gasteiger partial charge in [0.05, 0.1) is 18.8 Å². The number of allylic oxidation sites excluding steroid dienone is 1. The summed E-state index contributed by atoms with van der Waals surface area (Å²) >= 11 is 0. The van der Waals surface area contributed by atoms with Crippen molar-refractivity contribution >= 4 is 5.69 Å². The molecular weight excluding hydrogens is 212 g/mol. The van der Waals surface area contributed by atoms with Gasteiger partial charge in [-0.2, -0.15) is 0 Å². The molecule has 0 radical (unpaired) electrons. The van der Waals surface area contributed by atoms with Crippen molar-refractivity contribution in [1.29, 1.82) is 0 Å². The third-order valence-corrected chi connectivity index (χ3v) is 3.77. The highest BCUT2D eigenvalue weighted by Gasteiger charge is 2.31. The molecule has 1 aliphatic carbocycles. The number of benzene rings is 1. The van der Waals surface area contributed by atoms with E-state index in [1.54, 1.807) is 7.11 Å². The third kappa shape index (κ3) is 1.58. The van der Waals surface area contributed by atoms with Crippen molar-refractivity contribution in [3.05, 3.63) is 41.1 Å². The van der Waals surface area contributed by atoms with Crippen LogP contribution in [0.5, 0.6) is 0 Å². The zero-order chi connectivity index (χ0) is 11.8. The first-order valence-corrected chi connectivity index (χ1v) is 6.23. The van der Waals surface area contributed by atoms with Gasteiger partial charge in [-0.05, 0) is 42.9 Å². The number of nitrogens with two attached hydrogens (primary N) is 1. The maximum atomic E-state index is 6.38. The van der Waals surface area contributed by atoms with Crippen LogP contribution in [0.3, 0.4) is 0 Å². The average molecular weight is 230 g/mol. The van der Waals surface area contributed by atoms with Crippen LogP contribution in [0.2, 0.25) is 0 Å². The van der Waals surface area contributed by atoms with Crippen LogP contribution < -0.4 is 10.8 Å². The number of hydrogen-bond donors (Lipinski definition) is 1. The van der Waals surface area contributed by atoms with E-state index in [2.05, 4.69) is 12.1 Å². The molecule has 2 aliphatic rings. The van der Waals surface area contributed by atoms with Gasteiger partial charge in [0.25, 0.3) is 0 Å². The summed E-state index contributed by atoms with van der Waals surface area (Å²) in [4.78, 5) is 5.56. The van der Waals surface area contributed by atoms with E-state index in [4.69, 9.17) is 10.6 Å². The van der Waals surface area contributed by atoms with Gasteiger partial charge in [0, 0.05) is 5.70 Å². The molecule has 3 nitrogen and oxygen atoms in total. The number of hydroxylamine groups is 1. The van der Waals surface area contributed by atoms with E-state index in [9.17, 15) is 0 Å². The van der Waals surface area contributed by atoms with Crippen LogP contribution in [-0.4, -0.2) is 7.11 Å². The topological polar surface area (TPSA) is 38.5 Å². The maximum Gasteiger partial charge on any atom is 0.0742 e. The predicted octanol–water partition coefficient (Wildman–Crippen LogP) is 2.90. The molecule has 0 saturated heterocycles. The summed E-state index contributed by atoms with van der Waals surface area (Å²) in [5.74, 6) is 0. The average Bonchev–Trinajstić information content (AvgIpc) is 2.40. The van der Waals surface area contributed by atoms with E-state index in [1.807, 2.05) is 17.2 Å². The summed E-state index contributed by atoms with van der Waals surface area (Å²) in [6, 6.07) is 8.31. The Kier molecular flexibility index (Phi) is 2.65. The van der Waals surface area contributed by atoms with E-state index < -0.39 is 0 Å². The van der Waals surface area contributed by atoms with Crippen LogP contribution in [0, 0.1) is 0 Å². The van der Waals surface area contributed by atoms with Crippen molar-refractivity contribution in [2.75, 3.05) is 12.2 Å². The molecule has 0 spiro atoms. The number of nitrogens with zero attached hydrogens (tertiary/aromatic N) is 1. The molecule has 17 heavy (non-hydrogen) atoms. The second-order valence-corrected chi connectivity index (χ2v) is 4.69. The molecule has 1 aromatic carbocycles. The van der Waals surface area contributed by atoms with Gasteiger partial charge in [-0.15, -0.1) is 0 Å². The Hall–Kier alpha value is -1.32. The van der Waals surface area contributed by atoms with Crippen LogP contribution in [-0.2, 0) is 4.84 Å². The zero-order valence-electron chi connectivity index (χ0n) is 10.1. The van der Waals surface area contributed by atoms with E-state index in [0.717, 1.165) is 18.5 Å². The largest absolute Gasteiger partial charge is 0.320 e. The second kappa shape index (κ2) is 4.17. The number of rotatable bonds is 1. The SMILES string of the molecule is CON1C2=C(CCCC2)C(N)c2ccccc21. The monoisotopic (exact) mass is 230 g/mol. The maximum absolute atomic E-state index is 6.38. The molecule has 2 N–H and O–H groups in total. The quantitative estimate of drug-likeness (QED) is 0.806. The Morgan fingerprint density at radius 3 is 2.82 bits per heavy atom. The first kappa shape index (κ1) is 10.8. The first-order chi connectivity index (χ1) is 8.33. The highest BCUT2D eigenvalue weighted by atomic mass is 16.7. The Morgan fingerprint density at radius 2 is 2.00 bits per heavy atom. The lowest BCUT2D eigenvalue weighted by molar-refractivity contribution is 0.179. The van der Waals surface area contributed by atoms with E-state index in [1.165, 1.54) is 29.7 Å². The van der Waals surface area contributed by atoms with Crippen molar-refractivity contribution in [2.45, 2.75) is 31.7 Å². The number of hydrogen-bond acceptors (Lipinski definition) is 3. The summed E-state index contributed by atoms with van der Waals surface area (Å²) in [6.07, 6.45) is 4.65. The summed E-state index contributed by atoms with van der Waals surface area (Å²) in [7, 11) is 1.73. The molecule has 3 heteroatoms. The van der Waals surface area contributed by atoms with Crippen LogP contribution in [0.4, 0.5) is 5.69 Å². The molecule has 0 saturated carbocycles. The Bertz CT molecular complexity index is 467. The van der Waals surface area contributed by atoms with Crippen LogP contribution in [0.1, 0.15) is 37.3 Å². The third-order valence-electron chi connectivity index (χ3n) is 3.77. The predicted molar refractivity (Wildman–Crippen MR) is 68.4 cm³/mol. The Balaban J connectivity index is 2.14. The molecule has 1 aliphatic heterocycles. The summed E-state index contributed by atoms with van der Waals surface area (Å²) in [5.41, 5.74) is 11.3. The van der Waals surface area contributed by atoms with E-state index >= 15 is 0 Å². The van der Waals surface area contributed by atoms with Gasteiger partial charge < -0.3 is 5.73 Å². The van der Waals surface area contributed by atoms with Crippen molar-refractivity contribution < 1.29 is 4.84 Å². The van der Waals surface area contributed by atoms with Crippen LogP contribution in [0.25, 0.3) is 0 Å². The Labute approximate surface area is 102 Å². The summed E-state index contributed by atoms with van der Waals surface area (Å²) in [5, 5.41) is 1.97. The highest BCUT2D eigenvalue weighted by molar-refractivity contribution is 5.63. The number of anilines is 1. The fourth-order valence-electron chi connectivity index (χ4n) is 2.96. The highest BCUT2D eigenvalue weighted by Crippen LogP contribution is 2.43. The van der Waals surface area contributed by atoms with Gasteiger partial charge in [0.2, 0.25) is 0 Å². The lowest BCUT2D eigenvalue weighted by Crippen LogP contribution is -2.33. The smallest absolute Gasteiger partial charge is 0.0742 e. The minimum atomic E-state index is 0.0490. The molecule has 0 bridgehead atoms. The molecule has 0 amide bonds. The first-order valence-electron chi connectivity index (χ1n) is 6.23. The fraction of sp³-hybridized carbons (Fsp3) is 0.429. The number of fused-ring (bicyclic) bond motifs is 1. The van der Waals surface area contributed by atoms with E-state index in [-0.39, 0.29) is 6.04 Å².